The first-order valence-corrected chi connectivity index (χ1v) is 8.34. The number of likely N-dealkylation sites (tertiary alicyclic amines) is 1. The summed E-state index contributed by atoms with van der Waals surface area (Å²) in [4.78, 5) is 27.5. The quantitative estimate of drug-likeness (QED) is 0.704. The van der Waals surface area contributed by atoms with Crippen molar-refractivity contribution in [1.29, 1.82) is 0 Å². The molecule has 1 atom stereocenters. The maximum absolute atomic E-state index is 12.5. The molecule has 130 valence electrons. The molecular weight excluding hydrogens is 304 g/mol. The van der Waals surface area contributed by atoms with Crippen LogP contribution in [0.15, 0.2) is 0 Å². The standard InChI is InChI=1S/C16H30N2O3.ClH/c1-3-5-10-17(11-6-4-2)15(19)13-18-12-8-7-9-14(18)16(20)21;/h14H,3-13H2,1-2H3,(H,20,21);1H. The second-order valence-electron chi connectivity index (χ2n) is 5.91. The molecule has 0 aromatic carbocycles. The van der Waals surface area contributed by atoms with E-state index in [0.29, 0.717) is 6.42 Å². The zero-order valence-electron chi connectivity index (χ0n) is 13.9. The van der Waals surface area contributed by atoms with Crippen molar-refractivity contribution in [2.45, 2.75) is 64.8 Å². The van der Waals surface area contributed by atoms with Gasteiger partial charge in [-0.25, -0.2) is 0 Å². The Hall–Kier alpha value is -0.810. The van der Waals surface area contributed by atoms with E-state index < -0.39 is 12.0 Å². The van der Waals surface area contributed by atoms with Gasteiger partial charge in [0.1, 0.15) is 6.04 Å². The minimum absolute atomic E-state index is 0. The molecule has 1 aliphatic rings. The Morgan fingerprint density at radius 1 is 1.14 bits per heavy atom. The molecule has 0 aliphatic carbocycles. The second-order valence-corrected chi connectivity index (χ2v) is 5.91. The van der Waals surface area contributed by atoms with Gasteiger partial charge in [-0.05, 0) is 32.2 Å². The van der Waals surface area contributed by atoms with Crippen molar-refractivity contribution in [2.24, 2.45) is 0 Å². The first kappa shape index (κ1) is 21.2. The lowest BCUT2D eigenvalue weighted by Crippen LogP contribution is -2.50. The highest BCUT2D eigenvalue weighted by Gasteiger charge is 2.30. The summed E-state index contributed by atoms with van der Waals surface area (Å²) in [5, 5.41) is 9.28. The van der Waals surface area contributed by atoms with Crippen LogP contribution in [0.25, 0.3) is 0 Å². The van der Waals surface area contributed by atoms with Gasteiger partial charge in [0.05, 0.1) is 6.54 Å². The SMILES string of the molecule is CCCCN(CCCC)C(=O)CN1CCCCC1C(=O)O.Cl. The fourth-order valence-corrected chi connectivity index (χ4v) is 2.79. The first-order chi connectivity index (χ1) is 10.1. The largest absolute Gasteiger partial charge is 0.480 e. The Bertz CT molecular complexity index is 331. The van der Waals surface area contributed by atoms with Crippen molar-refractivity contribution in [3.05, 3.63) is 0 Å². The van der Waals surface area contributed by atoms with Gasteiger partial charge in [-0.3, -0.25) is 14.5 Å². The maximum atomic E-state index is 12.5. The molecule has 22 heavy (non-hydrogen) atoms. The number of carbonyl (C=O) groups excluding carboxylic acids is 1. The number of carboxylic acids is 1. The predicted octanol–water partition coefficient (Wildman–Crippen LogP) is 2.78. The van der Waals surface area contributed by atoms with Crippen molar-refractivity contribution < 1.29 is 14.7 Å². The zero-order chi connectivity index (χ0) is 15.7. The van der Waals surface area contributed by atoms with Crippen LogP contribution in [0.2, 0.25) is 0 Å². The molecule has 1 saturated heterocycles. The van der Waals surface area contributed by atoms with Gasteiger partial charge in [0, 0.05) is 13.1 Å². The number of halogens is 1. The normalized spacial score (nSPS) is 18.5. The molecule has 1 rings (SSSR count). The molecule has 1 aliphatic heterocycles. The van der Waals surface area contributed by atoms with Gasteiger partial charge in [-0.1, -0.05) is 33.1 Å². The summed E-state index contributed by atoms with van der Waals surface area (Å²) in [6, 6.07) is -0.484. The average Bonchev–Trinajstić information content (AvgIpc) is 2.47. The lowest BCUT2D eigenvalue weighted by molar-refractivity contribution is -0.146. The molecule has 0 radical (unpaired) electrons. The van der Waals surface area contributed by atoms with Crippen LogP contribution in [0.3, 0.4) is 0 Å². The van der Waals surface area contributed by atoms with Crippen LogP contribution in [-0.4, -0.2) is 59.0 Å². The van der Waals surface area contributed by atoms with E-state index in [0.717, 1.165) is 58.2 Å². The van der Waals surface area contributed by atoms with Gasteiger partial charge in [0.25, 0.3) is 0 Å². The highest BCUT2D eigenvalue weighted by molar-refractivity contribution is 5.85. The number of carboxylic acid groups (broad SMARTS) is 1. The molecule has 1 heterocycles. The Labute approximate surface area is 140 Å². The monoisotopic (exact) mass is 334 g/mol. The number of nitrogens with zero attached hydrogens (tertiary/aromatic N) is 2. The molecule has 0 aromatic heterocycles. The summed E-state index contributed by atoms with van der Waals surface area (Å²) < 4.78 is 0. The summed E-state index contributed by atoms with van der Waals surface area (Å²) in [5.41, 5.74) is 0. The van der Waals surface area contributed by atoms with Crippen molar-refractivity contribution in [3.8, 4) is 0 Å². The smallest absolute Gasteiger partial charge is 0.320 e. The minimum atomic E-state index is -0.795. The van der Waals surface area contributed by atoms with Gasteiger partial charge < -0.3 is 10.0 Å². The zero-order valence-corrected chi connectivity index (χ0v) is 14.7. The molecule has 0 aromatic rings. The Morgan fingerprint density at radius 2 is 1.73 bits per heavy atom. The van der Waals surface area contributed by atoms with Gasteiger partial charge in [-0.15, -0.1) is 12.4 Å². The average molecular weight is 335 g/mol. The van der Waals surface area contributed by atoms with Crippen LogP contribution >= 0.6 is 12.4 Å². The van der Waals surface area contributed by atoms with Crippen LogP contribution in [0.4, 0.5) is 0 Å². The molecular formula is C16H31ClN2O3. The van der Waals surface area contributed by atoms with Crippen molar-refractivity contribution in [1.82, 2.24) is 9.80 Å². The van der Waals surface area contributed by atoms with Gasteiger partial charge in [0.2, 0.25) is 5.91 Å². The number of piperidine rings is 1. The van der Waals surface area contributed by atoms with Crippen molar-refractivity contribution in [3.63, 3.8) is 0 Å². The van der Waals surface area contributed by atoms with Crippen LogP contribution < -0.4 is 0 Å². The Kier molecular flexibility index (Phi) is 11.3. The van der Waals surface area contributed by atoms with Crippen LogP contribution in [0, 0.1) is 0 Å². The molecule has 6 heteroatoms. The van der Waals surface area contributed by atoms with E-state index in [2.05, 4.69) is 13.8 Å². The van der Waals surface area contributed by atoms with E-state index >= 15 is 0 Å². The summed E-state index contributed by atoms with van der Waals surface area (Å²) in [7, 11) is 0. The fraction of sp³-hybridized carbons (Fsp3) is 0.875. The molecule has 0 saturated carbocycles. The summed E-state index contributed by atoms with van der Waals surface area (Å²) in [6.45, 7) is 6.80. The number of unbranched alkanes of at least 4 members (excludes halogenated alkanes) is 2. The highest BCUT2D eigenvalue weighted by atomic mass is 35.5. The summed E-state index contributed by atoms with van der Waals surface area (Å²) >= 11 is 0. The number of hydrogen-bond donors (Lipinski definition) is 1. The third kappa shape index (κ3) is 6.97. The third-order valence-electron chi connectivity index (χ3n) is 4.15. The molecule has 5 nitrogen and oxygen atoms in total. The summed E-state index contributed by atoms with van der Waals surface area (Å²) in [5.74, 6) is -0.707. The molecule has 1 unspecified atom stereocenters. The lowest BCUT2D eigenvalue weighted by Gasteiger charge is -2.34. The molecule has 0 bridgehead atoms. The van der Waals surface area contributed by atoms with E-state index in [9.17, 15) is 14.7 Å². The van der Waals surface area contributed by atoms with Crippen LogP contribution in [-0.2, 0) is 9.59 Å². The highest BCUT2D eigenvalue weighted by Crippen LogP contribution is 2.17. The third-order valence-corrected chi connectivity index (χ3v) is 4.15. The van der Waals surface area contributed by atoms with Gasteiger partial charge in [0.15, 0.2) is 0 Å². The predicted molar refractivity (Wildman–Crippen MR) is 90.5 cm³/mol. The maximum Gasteiger partial charge on any atom is 0.320 e. The Morgan fingerprint density at radius 3 is 2.23 bits per heavy atom. The molecule has 1 amide bonds. The van der Waals surface area contributed by atoms with E-state index in [-0.39, 0.29) is 24.9 Å². The minimum Gasteiger partial charge on any atom is -0.480 e. The topological polar surface area (TPSA) is 60.9 Å². The molecule has 0 spiro atoms. The molecule has 1 N–H and O–H groups in total. The number of carbonyl (C=O) groups is 2. The van der Waals surface area contributed by atoms with Gasteiger partial charge in [-0.2, -0.15) is 0 Å². The Balaban J connectivity index is 0.00000441. The van der Waals surface area contributed by atoms with E-state index in [1.165, 1.54) is 0 Å². The first-order valence-electron chi connectivity index (χ1n) is 8.34. The number of aliphatic carboxylic acids is 1. The number of rotatable bonds is 9. The molecule has 1 fully saturated rings. The van der Waals surface area contributed by atoms with Crippen LogP contribution in [0.1, 0.15) is 58.8 Å². The lowest BCUT2D eigenvalue weighted by atomic mass is 10.0. The second kappa shape index (κ2) is 11.7. The van der Waals surface area contributed by atoms with Gasteiger partial charge >= 0.3 is 5.97 Å². The van der Waals surface area contributed by atoms with Crippen LogP contribution in [0.5, 0.6) is 0 Å². The van der Waals surface area contributed by atoms with E-state index in [4.69, 9.17) is 0 Å². The fourth-order valence-electron chi connectivity index (χ4n) is 2.79. The number of hydrogen-bond acceptors (Lipinski definition) is 3. The van der Waals surface area contributed by atoms with E-state index in [1.54, 1.807) is 0 Å². The summed E-state index contributed by atoms with van der Waals surface area (Å²) in [6.07, 6.45) is 6.74. The van der Waals surface area contributed by atoms with Crippen molar-refractivity contribution in [2.75, 3.05) is 26.2 Å². The number of amides is 1. The van der Waals surface area contributed by atoms with E-state index in [1.807, 2.05) is 9.80 Å². The van der Waals surface area contributed by atoms with Crippen molar-refractivity contribution >= 4 is 24.3 Å².